The van der Waals surface area contributed by atoms with Crippen molar-refractivity contribution in [1.82, 2.24) is 20.5 Å². The van der Waals surface area contributed by atoms with Crippen LogP contribution in [0, 0.1) is 5.92 Å². The Kier molecular flexibility index (Phi) is 5.25. The Morgan fingerprint density at radius 3 is 2.80 bits per heavy atom. The van der Waals surface area contributed by atoms with Crippen LogP contribution in [0.4, 0.5) is 0 Å². The van der Waals surface area contributed by atoms with Crippen LogP contribution in [0.5, 0.6) is 0 Å². The summed E-state index contributed by atoms with van der Waals surface area (Å²) in [7, 11) is 0. The van der Waals surface area contributed by atoms with E-state index in [0.717, 1.165) is 11.4 Å². The van der Waals surface area contributed by atoms with Crippen molar-refractivity contribution in [3.05, 3.63) is 48.0 Å². The molecule has 6 nitrogen and oxygen atoms in total. The standard InChI is InChI=1S/C14H19N5O/c15-9-12(8-11-4-2-1-3-5-11)14(20)16-7-6-13-17-10-18-19-13/h1-5,10,12H,6-9,15H2,(H,16,20)(H,17,18,19). The van der Waals surface area contributed by atoms with Crippen molar-refractivity contribution in [3.63, 3.8) is 0 Å². The first-order valence-corrected chi connectivity index (χ1v) is 6.65. The Hall–Kier alpha value is -2.21. The number of aromatic amines is 1. The summed E-state index contributed by atoms with van der Waals surface area (Å²) in [6, 6.07) is 9.89. The van der Waals surface area contributed by atoms with Gasteiger partial charge in [0.05, 0.1) is 5.92 Å². The molecule has 1 aromatic carbocycles. The van der Waals surface area contributed by atoms with Crippen LogP contribution in [0.3, 0.4) is 0 Å². The van der Waals surface area contributed by atoms with Crippen molar-refractivity contribution in [2.45, 2.75) is 12.8 Å². The van der Waals surface area contributed by atoms with E-state index < -0.39 is 0 Å². The van der Waals surface area contributed by atoms with E-state index in [0.29, 0.717) is 25.9 Å². The number of hydrogen-bond donors (Lipinski definition) is 3. The zero-order valence-electron chi connectivity index (χ0n) is 11.2. The summed E-state index contributed by atoms with van der Waals surface area (Å²) in [5.41, 5.74) is 6.82. The third-order valence-electron chi connectivity index (χ3n) is 3.11. The number of nitrogens with zero attached hydrogens (tertiary/aromatic N) is 2. The summed E-state index contributed by atoms with van der Waals surface area (Å²) >= 11 is 0. The van der Waals surface area contributed by atoms with Crippen LogP contribution >= 0.6 is 0 Å². The number of hydrogen-bond acceptors (Lipinski definition) is 4. The summed E-state index contributed by atoms with van der Waals surface area (Å²) in [6.45, 7) is 0.863. The number of aromatic nitrogens is 3. The number of amides is 1. The predicted octanol–water partition coefficient (Wildman–Crippen LogP) is 0.281. The number of carbonyl (C=O) groups excluding carboxylic acids is 1. The maximum absolute atomic E-state index is 12.1. The van der Waals surface area contributed by atoms with E-state index in [-0.39, 0.29) is 11.8 Å². The number of benzene rings is 1. The lowest BCUT2D eigenvalue weighted by Crippen LogP contribution is -2.37. The lowest BCUT2D eigenvalue weighted by Gasteiger charge is -2.14. The van der Waals surface area contributed by atoms with Gasteiger partial charge in [0.2, 0.25) is 5.91 Å². The highest BCUT2D eigenvalue weighted by Gasteiger charge is 2.16. The molecule has 0 spiro atoms. The van der Waals surface area contributed by atoms with Gasteiger partial charge < -0.3 is 11.1 Å². The van der Waals surface area contributed by atoms with Crippen molar-refractivity contribution < 1.29 is 4.79 Å². The highest BCUT2D eigenvalue weighted by atomic mass is 16.1. The summed E-state index contributed by atoms with van der Waals surface area (Å²) in [6.07, 6.45) is 2.75. The summed E-state index contributed by atoms with van der Waals surface area (Å²) in [5.74, 6) is 0.542. The molecule has 1 atom stereocenters. The van der Waals surface area contributed by atoms with Crippen molar-refractivity contribution in [1.29, 1.82) is 0 Å². The molecule has 1 amide bonds. The van der Waals surface area contributed by atoms with Crippen LogP contribution in [0.25, 0.3) is 0 Å². The van der Waals surface area contributed by atoms with Crippen LogP contribution in [0.2, 0.25) is 0 Å². The minimum atomic E-state index is -0.202. The van der Waals surface area contributed by atoms with Crippen molar-refractivity contribution in [2.24, 2.45) is 11.7 Å². The lowest BCUT2D eigenvalue weighted by atomic mass is 9.98. The van der Waals surface area contributed by atoms with Crippen LogP contribution in [-0.4, -0.2) is 34.2 Å². The largest absolute Gasteiger partial charge is 0.355 e. The number of rotatable bonds is 7. The minimum absolute atomic E-state index is 0.0177. The lowest BCUT2D eigenvalue weighted by molar-refractivity contribution is -0.124. The second kappa shape index (κ2) is 7.40. The predicted molar refractivity (Wildman–Crippen MR) is 75.8 cm³/mol. The van der Waals surface area contributed by atoms with E-state index in [1.54, 1.807) is 0 Å². The molecular weight excluding hydrogens is 254 g/mol. The molecule has 106 valence electrons. The molecule has 1 aromatic heterocycles. The van der Waals surface area contributed by atoms with Crippen molar-refractivity contribution in [2.75, 3.05) is 13.1 Å². The molecule has 20 heavy (non-hydrogen) atoms. The topological polar surface area (TPSA) is 96.7 Å². The molecule has 4 N–H and O–H groups in total. The Morgan fingerprint density at radius 2 is 2.15 bits per heavy atom. The zero-order valence-corrected chi connectivity index (χ0v) is 11.2. The minimum Gasteiger partial charge on any atom is -0.355 e. The Balaban J connectivity index is 1.79. The molecule has 0 radical (unpaired) electrons. The average Bonchev–Trinajstić information content (AvgIpc) is 2.99. The van der Waals surface area contributed by atoms with Gasteiger partial charge in [0.15, 0.2) is 0 Å². The molecule has 0 fully saturated rings. The van der Waals surface area contributed by atoms with Crippen LogP contribution < -0.4 is 11.1 Å². The second-order valence-electron chi connectivity index (χ2n) is 4.60. The molecule has 0 bridgehead atoms. The third-order valence-corrected chi connectivity index (χ3v) is 3.11. The van der Waals surface area contributed by atoms with Gasteiger partial charge in [0, 0.05) is 19.5 Å². The van der Waals surface area contributed by atoms with E-state index in [4.69, 9.17) is 5.73 Å². The number of nitrogens with one attached hydrogen (secondary N) is 2. The van der Waals surface area contributed by atoms with Gasteiger partial charge in [-0.15, -0.1) is 0 Å². The Bertz CT molecular complexity index is 512. The molecule has 0 aliphatic carbocycles. The zero-order chi connectivity index (χ0) is 14.2. The maximum atomic E-state index is 12.1. The quantitative estimate of drug-likeness (QED) is 0.675. The summed E-state index contributed by atoms with van der Waals surface area (Å²) < 4.78 is 0. The molecule has 1 unspecified atom stereocenters. The maximum Gasteiger partial charge on any atom is 0.224 e. The molecule has 0 aliphatic rings. The Morgan fingerprint density at radius 1 is 1.35 bits per heavy atom. The Labute approximate surface area is 117 Å². The fourth-order valence-electron chi connectivity index (χ4n) is 1.98. The van der Waals surface area contributed by atoms with Gasteiger partial charge in [0.1, 0.15) is 12.2 Å². The molecule has 2 aromatic rings. The highest BCUT2D eigenvalue weighted by molar-refractivity contribution is 5.79. The number of nitrogens with two attached hydrogens (primary N) is 1. The molecule has 1 heterocycles. The number of carbonyl (C=O) groups is 1. The second-order valence-corrected chi connectivity index (χ2v) is 4.60. The molecule has 0 aliphatic heterocycles. The van der Waals surface area contributed by atoms with Gasteiger partial charge in [-0.1, -0.05) is 30.3 Å². The van der Waals surface area contributed by atoms with E-state index in [9.17, 15) is 4.79 Å². The van der Waals surface area contributed by atoms with Crippen molar-refractivity contribution >= 4 is 5.91 Å². The number of H-pyrrole nitrogens is 1. The summed E-state index contributed by atoms with van der Waals surface area (Å²) in [4.78, 5) is 16.1. The van der Waals surface area contributed by atoms with E-state index >= 15 is 0 Å². The molecule has 2 rings (SSSR count). The molecule has 6 heteroatoms. The van der Waals surface area contributed by atoms with Crippen molar-refractivity contribution in [3.8, 4) is 0 Å². The fraction of sp³-hybridized carbons (Fsp3) is 0.357. The highest BCUT2D eigenvalue weighted by Crippen LogP contribution is 2.07. The van der Waals surface area contributed by atoms with Crippen LogP contribution in [-0.2, 0) is 17.6 Å². The van der Waals surface area contributed by atoms with Crippen LogP contribution in [0.1, 0.15) is 11.4 Å². The first kappa shape index (κ1) is 14.2. The van der Waals surface area contributed by atoms with Gasteiger partial charge in [-0.25, -0.2) is 4.98 Å². The molecular formula is C14H19N5O. The van der Waals surface area contributed by atoms with E-state index in [1.807, 2.05) is 30.3 Å². The van der Waals surface area contributed by atoms with Gasteiger partial charge in [-0.3, -0.25) is 9.89 Å². The monoisotopic (exact) mass is 273 g/mol. The van der Waals surface area contributed by atoms with Gasteiger partial charge in [-0.05, 0) is 12.0 Å². The van der Waals surface area contributed by atoms with Gasteiger partial charge >= 0.3 is 0 Å². The first-order chi connectivity index (χ1) is 9.79. The average molecular weight is 273 g/mol. The van der Waals surface area contributed by atoms with E-state index in [2.05, 4.69) is 20.5 Å². The summed E-state index contributed by atoms with van der Waals surface area (Å²) in [5, 5.41) is 9.40. The normalized spacial score (nSPS) is 12.1. The third kappa shape index (κ3) is 4.17. The van der Waals surface area contributed by atoms with Crippen LogP contribution in [0.15, 0.2) is 36.7 Å². The van der Waals surface area contributed by atoms with Gasteiger partial charge in [-0.2, -0.15) is 5.10 Å². The van der Waals surface area contributed by atoms with Gasteiger partial charge in [0.25, 0.3) is 0 Å². The smallest absolute Gasteiger partial charge is 0.224 e. The molecule has 0 saturated heterocycles. The SMILES string of the molecule is NCC(Cc1ccccc1)C(=O)NCCc1ncn[nH]1. The fourth-order valence-corrected chi connectivity index (χ4v) is 1.98. The molecule has 0 saturated carbocycles. The first-order valence-electron chi connectivity index (χ1n) is 6.65. The van der Waals surface area contributed by atoms with E-state index in [1.165, 1.54) is 6.33 Å².